The van der Waals surface area contributed by atoms with Crippen LogP contribution >= 0.6 is 11.3 Å². The van der Waals surface area contributed by atoms with Crippen molar-refractivity contribution in [1.82, 2.24) is 9.97 Å². The summed E-state index contributed by atoms with van der Waals surface area (Å²) < 4.78 is 43.7. The second-order valence-corrected chi connectivity index (χ2v) is 5.94. The van der Waals surface area contributed by atoms with E-state index < -0.39 is 30.0 Å². The van der Waals surface area contributed by atoms with Crippen molar-refractivity contribution in [3.8, 4) is 17.1 Å². The van der Waals surface area contributed by atoms with E-state index in [1.54, 1.807) is 23.7 Å². The zero-order valence-corrected chi connectivity index (χ0v) is 14.0. The highest BCUT2D eigenvalue weighted by Gasteiger charge is 2.34. The van der Waals surface area contributed by atoms with Gasteiger partial charge in [-0.25, -0.2) is 4.98 Å². The van der Waals surface area contributed by atoms with Gasteiger partial charge in [0.05, 0.1) is 11.3 Å². The molecule has 0 bridgehead atoms. The van der Waals surface area contributed by atoms with Gasteiger partial charge < -0.3 is 4.74 Å². The highest BCUT2D eigenvalue weighted by atomic mass is 32.1. The van der Waals surface area contributed by atoms with Crippen molar-refractivity contribution in [2.45, 2.75) is 6.18 Å². The summed E-state index contributed by atoms with van der Waals surface area (Å²) in [5, 5.41) is 4.52. The van der Waals surface area contributed by atoms with Gasteiger partial charge in [-0.3, -0.25) is 15.1 Å². The second-order valence-electron chi connectivity index (χ2n) is 5.08. The van der Waals surface area contributed by atoms with Crippen LogP contribution in [0.5, 0.6) is 5.75 Å². The Morgan fingerprint density at radius 1 is 1.12 bits per heavy atom. The van der Waals surface area contributed by atoms with Crippen molar-refractivity contribution in [3.05, 3.63) is 59.6 Å². The molecule has 0 fully saturated rings. The van der Waals surface area contributed by atoms with E-state index in [1.165, 1.54) is 29.5 Å². The quantitative estimate of drug-likeness (QED) is 0.720. The van der Waals surface area contributed by atoms with Crippen LogP contribution in [0.3, 0.4) is 0 Å². The molecular weight excluding hydrogens is 367 g/mol. The van der Waals surface area contributed by atoms with E-state index in [0.717, 1.165) is 6.07 Å². The Balaban J connectivity index is 1.62. The second kappa shape index (κ2) is 7.52. The molecule has 0 radical (unpaired) electrons. The van der Waals surface area contributed by atoms with E-state index in [2.05, 4.69) is 15.3 Å². The number of anilines is 1. The first-order valence-corrected chi connectivity index (χ1v) is 8.27. The molecule has 3 rings (SSSR count). The summed E-state index contributed by atoms with van der Waals surface area (Å²) in [6.45, 7) is -0.564. The third-order valence-corrected chi connectivity index (χ3v) is 3.99. The number of para-hydroxylation sites is 1. The van der Waals surface area contributed by atoms with Crippen LogP contribution in [0, 0.1) is 0 Å². The molecule has 0 saturated carbocycles. The first kappa shape index (κ1) is 17.9. The average molecular weight is 379 g/mol. The summed E-state index contributed by atoms with van der Waals surface area (Å²) in [6.07, 6.45) is -2.93. The van der Waals surface area contributed by atoms with Crippen molar-refractivity contribution in [2.75, 3.05) is 11.9 Å². The van der Waals surface area contributed by atoms with Crippen LogP contribution < -0.4 is 10.1 Å². The number of benzene rings is 1. The van der Waals surface area contributed by atoms with Gasteiger partial charge in [0.1, 0.15) is 11.4 Å². The third kappa shape index (κ3) is 4.37. The number of hydrogen-bond acceptors (Lipinski definition) is 5. The molecule has 0 aliphatic carbocycles. The van der Waals surface area contributed by atoms with Gasteiger partial charge in [0.2, 0.25) is 0 Å². The molecule has 3 aromatic rings. The van der Waals surface area contributed by atoms with Gasteiger partial charge in [0, 0.05) is 11.6 Å². The lowest BCUT2D eigenvalue weighted by Crippen LogP contribution is -2.21. The maximum atomic E-state index is 12.9. The van der Waals surface area contributed by atoms with Crippen molar-refractivity contribution in [2.24, 2.45) is 0 Å². The Morgan fingerprint density at radius 3 is 2.62 bits per heavy atom. The van der Waals surface area contributed by atoms with E-state index in [0.29, 0.717) is 16.5 Å². The maximum Gasteiger partial charge on any atom is 0.419 e. The number of carbonyl (C=O) groups excluding carboxylic acids is 1. The average Bonchev–Trinajstić information content (AvgIpc) is 3.09. The fraction of sp³-hybridized carbons (Fsp3) is 0.118. The summed E-state index contributed by atoms with van der Waals surface area (Å²) in [5.74, 6) is -1.01. The lowest BCUT2D eigenvalue weighted by atomic mass is 10.2. The number of ether oxygens (including phenoxy) is 1. The highest BCUT2D eigenvalue weighted by molar-refractivity contribution is 7.14. The number of hydrogen-bond donors (Lipinski definition) is 1. The molecule has 5 nitrogen and oxygen atoms in total. The van der Waals surface area contributed by atoms with Crippen molar-refractivity contribution in [3.63, 3.8) is 0 Å². The lowest BCUT2D eigenvalue weighted by Gasteiger charge is -2.13. The zero-order chi connectivity index (χ0) is 18.6. The molecule has 0 saturated heterocycles. The number of nitrogens with zero attached hydrogens (tertiary/aromatic N) is 2. The largest absolute Gasteiger partial charge is 0.483 e. The number of alkyl halides is 3. The van der Waals surface area contributed by atoms with Crippen LogP contribution in [0.4, 0.5) is 18.3 Å². The number of carbonyl (C=O) groups is 1. The predicted octanol–water partition coefficient (Wildman–Crippen LogP) is 4.24. The number of pyridine rings is 1. The SMILES string of the molecule is O=C(COc1ccccc1C(F)(F)F)Nc1nc(-c2ccccn2)cs1. The highest BCUT2D eigenvalue weighted by Crippen LogP contribution is 2.35. The first-order chi connectivity index (χ1) is 12.4. The Morgan fingerprint density at radius 2 is 1.88 bits per heavy atom. The molecule has 0 atom stereocenters. The third-order valence-electron chi connectivity index (χ3n) is 3.23. The molecule has 0 unspecified atom stereocenters. The van der Waals surface area contributed by atoms with E-state index in [9.17, 15) is 18.0 Å². The molecule has 2 aromatic heterocycles. The summed E-state index contributed by atoms with van der Waals surface area (Å²) in [7, 11) is 0. The van der Waals surface area contributed by atoms with Gasteiger partial charge in [-0.2, -0.15) is 13.2 Å². The topological polar surface area (TPSA) is 64.1 Å². The van der Waals surface area contributed by atoms with Crippen molar-refractivity contribution < 1.29 is 22.7 Å². The predicted molar refractivity (Wildman–Crippen MR) is 90.9 cm³/mol. The van der Waals surface area contributed by atoms with Gasteiger partial charge in [-0.05, 0) is 24.3 Å². The van der Waals surface area contributed by atoms with E-state index in [-0.39, 0.29) is 0 Å². The van der Waals surface area contributed by atoms with Crippen LogP contribution in [0.25, 0.3) is 11.4 Å². The molecule has 0 aliphatic rings. The van der Waals surface area contributed by atoms with Crippen LogP contribution in [-0.2, 0) is 11.0 Å². The van der Waals surface area contributed by atoms with Crippen LogP contribution in [0.15, 0.2) is 54.0 Å². The van der Waals surface area contributed by atoms with Gasteiger partial charge >= 0.3 is 6.18 Å². The van der Waals surface area contributed by atoms with Gasteiger partial charge in [0.15, 0.2) is 11.7 Å². The molecule has 1 N–H and O–H groups in total. The van der Waals surface area contributed by atoms with Crippen molar-refractivity contribution >= 4 is 22.4 Å². The molecule has 0 spiro atoms. The normalized spacial score (nSPS) is 11.2. The monoisotopic (exact) mass is 379 g/mol. The fourth-order valence-electron chi connectivity index (χ4n) is 2.09. The summed E-state index contributed by atoms with van der Waals surface area (Å²) >= 11 is 1.18. The molecule has 2 heterocycles. The number of amides is 1. The minimum Gasteiger partial charge on any atom is -0.483 e. The number of aromatic nitrogens is 2. The van der Waals surface area contributed by atoms with E-state index in [1.807, 2.05) is 6.07 Å². The molecule has 9 heteroatoms. The molecular formula is C17H12F3N3O2S. The lowest BCUT2D eigenvalue weighted by molar-refractivity contribution is -0.139. The first-order valence-electron chi connectivity index (χ1n) is 7.39. The van der Waals surface area contributed by atoms with Crippen LogP contribution in [0.1, 0.15) is 5.56 Å². The smallest absolute Gasteiger partial charge is 0.419 e. The Hall–Kier alpha value is -2.94. The molecule has 1 amide bonds. The van der Waals surface area contributed by atoms with Gasteiger partial charge in [0.25, 0.3) is 5.91 Å². The number of thiazole rings is 1. The Kier molecular flexibility index (Phi) is 5.17. The molecule has 134 valence electrons. The summed E-state index contributed by atoms with van der Waals surface area (Å²) in [5.41, 5.74) is 0.313. The maximum absolute atomic E-state index is 12.9. The standard InChI is InChI=1S/C17H12F3N3O2S/c18-17(19,20)11-5-1-2-7-14(11)25-9-15(24)23-16-22-13(10-26-16)12-6-3-4-8-21-12/h1-8,10H,9H2,(H,22,23,24). The summed E-state index contributed by atoms with van der Waals surface area (Å²) in [6, 6.07) is 10.1. The molecule has 1 aromatic carbocycles. The van der Waals surface area contributed by atoms with Crippen LogP contribution in [0.2, 0.25) is 0 Å². The fourth-order valence-corrected chi connectivity index (χ4v) is 2.81. The molecule has 0 aliphatic heterocycles. The Bertz CT molecular complexity index is 898. The summed E-state index contributed by atoms with van der Waals surface area (Å²) in [4.78, 5) is 20.3. The number of halogens is 3. The van der Waals surface area contributed by atoms with Gasteiger partial charge in [-0.15, -0.1) is 11.3 Å². The van der Waals surface area contributed by atoms with E-state index >= 15 is 0 Å². The van der Waals surface area contributed by atoms with E-state index in [4.69, 9.17) is 4.74 Å². The van der Waals surface area contributed by atoms with Crippen molar-refractivity contribution in [1.29, 1.82) is 0 Å². The number of rotatable bonds is 5. The minimum absolute atomic E-state index is 0.309. The zero-order valence-electron chi connectivity index (χ0n) is 13.2. The Labute approximate surface area is 150 Å². The van der Waals surface area contributed by atoms with Crippen LogP contribution in [-0.4, -0.2) is 22.5 Å². The van der Waals surface area contributed by atoms with Gasteiger partial charge in [-0.1, -0.05) is 18.2 Å². The minimum atomic E-state index is -4.56. The molecule has 26 heavy (non-hydrogen) atoms. The number of nitrogens with one attached hydrogen (secondary N) is 1.